The van der Waals surface area contributed by atoms with E-state index in [0.29, 0.717) is 16.6 Å². The third kappa shape index (κ3) is 3.63. The van der Waals surface area contributed by atoms with E-state index >= 15 is 0 Å². The molecule has 110 valence electrons. The Morgan fingerprint density at radius 1 is 1.40 bits per heavy atom. The van der Waals surface area contributed by atoms with Gasteiger partial charge in [0.15, 0.2) is 0 Å². The molecule has 0 radical (unpaired) electrons. The van der Waals surface area contributed by atoms with Crippen molar-refractivity contribution in [3.05, 3.63) is 33.3 Å². The van der Waals surface area contributed by atoms with Gasteiger partial charge in [-0.1, -0.05) is 37.8 Å². The Labute approximate surface area is 124 Å². The van der Waals surface area contributed by atoms with Gasteiger partial charge in [-0.15, -0.1) is 0 Å². The summed E-state index contributed by atoms with van der Waals surface area (Å²) in [5, 5.41) is 15.0. The van der Waals surface area contributed by atoms with Crippen molar-refractivity contribution in [2.45, 2.75) is 51.5 Å². The predicted octanol–water partition coefficient (Wildman–Crippen LogP) is 5.02. The predicted molar refractivity (Wildman–Crippen MR) is 82.4 cm³/mol. The molecular weight excluding hydrogens is 276 g/mol. The van der Waals surface area contributed by atoms with Crippen molar-refractivity contribution in [3.63, 3.8) is 0 Å². The lowest BCUT2D eigenvalue weighted by molar-refractivity contribution is -0.384. The Morgan fingerprint density at radius 2 is 2.10 bits per heavy atom. The lowest BCUT2D eigenvalue weighted by atomic mass is 9.83. The molecule has 1 saturated carbocycles. The van der Waals surface area contributed by atoms with E-state index in [2.05, 4.69) is 12.2 Å². The molecule has 0 aliphatic heterocycles. The first kappa shape index (κ1) is 15.1. The quantitative estimate of drug-likeness (QED) is 0.613. The topological polar surface area (TPSA) is 55.2 Å². The van der Waals surface area contributed by atoms with Gasteiger partial charge < -0.3 is 5.32 Å². The highest BCUT2D eigenvalue weighted by atomic mass is 35.5. The number of nitrogens with zero attached hydrogens (tertiary/aromatic N) is 1. The fraction of sp³-hybridized carbons (Fsp3) is 0.600. The molecule has 1 aromatic rings. The van der Waals surface area contributed by atoms with Crippen LogP contribution in [0.5, 0.6) is 0 Å². The van der Waals surface area contributed by atoms with Crippen LogP contribution in [0.25, 0.3) is 0 Å². The molecule has 20 heavy (non-hydrogen) atoms. The van der Waals surface area contributed by atoms with Gasteiger partial charge in [0.05, 0.1) is 4.92 Å². The van der Waals surface area contributed by atoms with Crippen molar-refractivity contribution in [1.82, 2.24) is 0 Å². The number of hydrogen-bond donors (Lipinski definition) is 1. The summed E-state index contributed by atoms with van der Waals surface area (Å²) in [6, 6.07) is 4.98. The Bertz CT molecular complexity index is 473. The highest BCUT2D eigenvalue weighted by Gasteiger charge is 2.24. The highest BCUT2D eigenvalue weighted by Crippen LogP contribution is 2.33. The SMILES string of the molecule is CCC(Nc1cc(Cl)ccc1[N+](=O)[O-])C1CCCCC1. The summed E-state index contributed by atoms with van der Waals surface area (Å²) in [6.45, 7) is 2.13. The van der Waals surface area contributed by atoms with Crippen LogP contribution in [-0.2, 0) is 0 Å². The van der Waals surface area contributed by atoms with E-state index in [1.165, 1.54) is 38.2 Å². The summed E-state index contributed by atoms with van der Waals surface area (Å²) in [5.74, 6) is 0.604. The fourth-order valence-corrected chi connectivity index (χ4v) is 3.24. The normalized spacial score (nSPS) is 17.7. The number of nitrogens with one attached hydrogen (secondary N) is 1. The average Bonchev–Trinajstić information content (AvgIpc) is 2.45. The Morgan fingerprint density at radius 3 is 2.70 bits per heavy atom. The second-order valence-electron chi connectivity index (χ2n) is 5.48. The smallest absolute Gasteiger partial charge is 0.292 e. The zero-order valence-electron chi connectivity index (χ0n) is 11.8. The van der Waals surface area contributed by atoms with E-state index in [1.807, 2.05) is 0 Å². The van der Waals surface area contributed by atoms with Gasteiger partial charge in [-0.25, -0.2) is 0 Å². The number of nitro benzene ring substituents is 1. The van der Waals surface area contributed by atoms with Crippen molar-refractivity contribution >= 4 is 23.0 Å². The van der Waals surface area contributed by atoms with Crippen LogP contribution in [0.4, 0.5) is 11.4 Å². The Kier molecular flexibility index (Phi) is 5.24. The van der Waals surface area contributed by atoms with Crippen LogP contribution in [0.1, 0.15) is 45.4 Å². The second kappa shape index (κ2) is 6.93. The molecule has 0 aromatic heterocycles. The molecule has 1 atom stereocenters. The van der Waals surface area contributed by atoms with Gasteiger partial charge in [-0.2, -0.15) is 0 Å². The fourth-order valence-electron chi connectivity index (χ4n) is 3.07. The van der Waals surface area contributed by atoms with E-state index in [0.717, 1.165) is 6.42 Å². The van der Waals surface area contributed by atoms with Gasteiger partial charge in [0.1, 0.15) is 5.69 Å². The van der Waals surface area contributed by atoms with Crippen LogP contribution < -0.4 is 5.32 Å². The minimum absolute atomic E-state index is 0.101. The zero-order valence-corrected chi connectivity index (χ0v) is 12.5. The molecule has 5 heteroatoms. The first-order valence-electron chi connectivity index (χ1n) is 7.32. The van der Waals surface area contributed by atoms with Gasteiger partial charge in [-0.3, -0.25) is 10.1 Å². The molecule has 0 bridgehead atoms. The molecule has 1 unspecified atom stereocenters. The average molecular weight is 297 g/mol. The maximum Gasteiger partial charge on any atom is 0.292 e. The molecule has 1 N–H and O–H groups in total. The lowest BCUT2D eigenvalue weighted by Crippen LogP contribution is -2.30. The minimum atomic E-state index is -0.355. The second-order valence-corrected chi connectivity index (χ2v) is 5.91. The summed E-state index contributed by atoms with van der Waals surface area (Å²) >= 11 is 5.97. The van der Waals surface area contributed by atoms with Crippen LogP contribution >= 0.6 is 11.6 Å². The van der Waals surface area contributed by atoms with Crippen LogP contribution in [0.2, 0.25) is 5.02 Å². The van der Waals surface area contributed by atoms with Gasteiger partial charge >= 0.3 is 0 Å². The molecule has 0 saturated heterocycles. The van der Waals surface area contributed by atoms with Crippen molar-refractivity contribution in [2.24, 2.45) is 5.92 Å². The minimum Gasteiger partial charge on any atom is -0.376 e. The molecule has 0 spiro atoms. The number of benzene rings is 1. The molecule has 4 nitrogen and oxygen atoms in total. The largest absolute Gasteiger partial charge is 0.376 e. The first-order chi connectivity index (χ1) is 9.61. The molecular formula is C15H21ClN2O2. The maximum absolute atomic E-state index is 11.1. The number of anilines is 1. The van der Waals surface area contributed by atoms with E-state index in [4.69, 9.17) is 11.6 Å². The van der Waals surface area contributed by atoms with Crippen LogP contribution in [0.3, 0.4) is 0 Å². The third-order valence-corrected chi connectivity index (χ3v) is 4.39. The van der Waals surface area contributed by atoms with E-state index in [9.17, 15) is 10.1 Å². The number of nitro groups is 1. The summed E-state index contributed by atoms with van der Waals surface area (Å²) in [4.78, 5) is 10.7. The standard InChI is InChI=1S/C15H21ClN2O2/c1-2-13(11-6-4-3-5-7-11)17-14-10-12(16)8-9-15(14)18(19)20/h8-11,13,17H,2-7H2,1H3. The Hall–Kier alpha value is -1.29. The molecule has 1 aliphatic rings. The third-order valence-electron chi connectivity index (χ3n) is 4.15. The summed E-state index contributed by atoms with van der Waals surface area (Å²) in [7, 11) is 0. The van der Waals surface area contributed by atoms with Gasteiger partial charge in [-0.05, 0) is 37.3 Å². The summed E-state index contributed by atoms with van der Waals surface area (Å²) in [5.41, 5.74) is 0.642. The van der Waals surface area contributed by atoms with Gasteiger partial charge in [0, 0.05) is 17.1 Å². The van der Waals surface area contributed by atoms with Gasteiger partial charge in [0.2, 0.25) is 0 Å². The number of rotatable bonds is 5. The number of hydrogen-bond acceptors (Lipinski definition) is 3. The monoisotopic (exact) mass is 296 g/mol. The molecule has 1 fully saturated rings. The lowest BCUT2D eigenvalue weighted by Gasteiger charge is -2.30. The molecule has 2 rings (SSSR count). The molecule has 1 aliphatic carbocycles. The maximum atomic E-state index is 11.1. The molecule has 0 amide bonds. The Balaban J connectivity index is 2.17. The molecule has 1 aromatic carbocycles. The van der Waals surface area contributed by atoms with E-state index in [1.54, 1.807) is 12.1 Å². The highest BCUT2D eigenvalue weighted by molar-refractivity contribution is 6.31. The van der Waals surface area contributed by atoms with Crippen LogP contribution in [-0.4, -0.2) is 11.0 Å². The van der Waals surface area contributed by atoms with Crippen molar-refractivity contribution in [3.8, 4) is 0 Å². The van der Waals surface area contributed by atoms with Crippen molar-refractivity contribution in [2.75, 3.05) is 5.32 Å². The van der Waals surface area contributed by atoms with Crippen molar-refractivity contribution in [1.29, 1.82) is 0 Å². The van der Waals surface area contributed by atoms with E-state index in [-0.39, 0.29) is 16.7 Å². The van der Waals surface area contributed by atoms with E-state index < -0.39 is 0 Å². The van der Waals surface area contributed by atoms with Crippen molar-refractivity contribution < 1.29 is 4.92 Å². The van der Waals surface area contributed by atoms with Gasteiger partial charge in [0.25, 0.3) is 5.69 Å². The van der Waals surface area contributed by atoms with Crippen LogP contribution in [0, 0.1) is 16.0 Å². The zero-order chi connectivity index (χ0) is 14.5. The first-order valence-corrected chi connectivity index (χ1v) is 7.70. The molecule has 0 heterocycles. The number of halogens is 1. The summed E-state index contributed by atoms with van der Waals surface area (Å²) in [6.07, 6.45) is 7.22. The summed E-state index contributed by atoms with van der Waals surface area (Å²) < 4.78 is 0. The van der Waals surface area contributed by atoms with Crippen LogP contribution in [0.15, 0.2) is 18.2 Å².